The lowest BCUT2D eigenvalue weighted by Crippen LogP contribution is -2.29. The van der Waals surface area contributed by atoms with E-state index in [9.17, 15) is 4.79 Å². The van der Waals surface area contributed by atoms with Gasteiger partial charge in [0.15, 0.2) is 0 Å². The van der Waals surface area contributed by atoms with E-state index >= 15 is 0 Å². The van der Waals surface area contributed by atoms with Gasteiger partial charge in [-0.25, -0.2) is 0 Å². The molecule has 0 aromatic heterocycles. The summed E-state index contributed by atoms with van der Waals surface area (Å²) in [7, 11) is 0. The summed E-state index contributed by atoms with van der Waals surface area (Å²) < 4.78 is 0. The number of rotatable bonds is 7. The van der Waals surface area contributed by atoms with Crippen molar-refractivity contribution in [1.82, 2.24) is 5.32 Å². The van der Waals surface area contributed by atoms with Crippen LogP contribution in [0.5, 0.6) is 0 Å². The molecule has 1 amide bonds. The minimum Gasteiger partial charge on any atom is -0.356 e. The van der Waals surface area contributed by atoms with Gasteiger partial charge in [0.25, 0.3) is 0 Å². The topological polar surface area (TPSA) is 81.1 Å². The molecule has 0 fully saturated rings. The Morgan fingerprint density at radius 3 is 2.62 bits per heavy atom. The zero-order valence-electron chi connectivity index (χ0n) is 8.38. The number of hydrogen-bond acceptors (Lipinski definition) is 3. The summed E-state index contributed by atoms with van der Waals surface area (Å²) in [4.78, 5) is 11.2. The molecule has 0 aromatic carbocycles. The molecule has 4 nitrogen and oxygen atoms in total. The molecule has 1 unspecified atom stereocenters. The van der Waals surface area contributed by atoms with Crippen molar-refractivity contribution in [3.63, 3.8) is 0 Å². The molecule has 0 saturated carbocycles. The third kappa shape index (κ3) is 6.54. The standard InChI is InChI=1S/C9H21N3O/c1-2-8(7-11)6-9(13)12-5-3-4-10/h8H,2-7,10-11H2,1H3,(H,12,13). The second-order valence-corrected chi connectivity index (χ2v) is 3.21. The van der Waals surface area contributed by atoms with E-state index in [4.69, 9.17) is 11.5 Å². The van der Waals surface area contributed by atoms with Gasteiger partial charge in [0.2, 0.25) is 5.91 Å². The molecule has 0 saturated heterocycles. The Balaban J connectivity index is 3.48. The predicted molar refractivity (Wildman–Crippen MR) is 54.1 cm³/mol. The number of nitrogens with one attached hydrogen (secondary N) is 1. The lowest BCUT2D eigenvalue weighted by Gasteiger charge is -2.11. The van der Waals surface area contributed by atoms with E-state index < -0.39 is 0 Å². The first kappa shape index (κ1) is 12.4. The Bertz CT molecular complexity index is 135. The van der Waals surface area contributed by atoms with Crippen LogP contribution < -0.4 is 16.8 Å². The molecule has 0 aromatic rings. The second-order valence-electron chi connectivity index (χ2n) is 3.21. The van der Waals surface area contributed by atoms with Crippen LogP contribution in [0.2, 0.25) is 0 Å². The van der Waals surface area contributed by atoms with Crippen LogP contribution in [0, 0.1) is 5.92 Å². The van der Waals surface area contributed by atoms with E-state index in [0.29, 0.717) is 32.0 Å². The fourth-order valence-electron chi connectivity index (χ4n) is 1.06. The maximum Gasteiger partial charge on any atom is 0.220 e. The third-order valence-electron chi connectivity index (χ3n) is 2.09. The first-order valence-electron chi connectivity index (χ1n) is 4.91. The van der Waals surface area contributed by atoms with Gasteiger partial charge < -0.3 is 16.8 Å². The monoisotopic (exact) mass is 187 g/mol. The zero-order chi connectivity index (χ0) is 10.1. The first-order valence-corrected chi connectivity index (χ1v) is 4.91. The van der Waals surface area contributed by atoms with Gasteiger partial charge in [-0.15, -0.1) is 0 Å². The second kappa shape index (κ2) is 8.01. The lowest BCUT2D eigenvalue weighted by molar-refractivity contribution is -0.121. The summed E-state index contributed by atoms with van der Waals surface area (Å²) >= 11 is 0. The van der Waals surface area contributed by atoms with E-state index in [1.165, 1.54) is 0 Å². The summed E-state index contributed by atoms with van der Waals surface area (Å²) in [6, 6.07) is 0. The molecule has 78 valence electrons. The number of hydrogen-bond donors (Lipinski definition) is 3. The highest BCUT2D eigenvalue weighted by molar-refractivity contribution is 5.76. The molecular weight excluding hydrogens is 166 g/mol. The summed E-state index contributed by atoms with van der Waals surface area (Å²) in [6.45, 7) is 3.93. The summed E-state index contributed by atoms with van der Waals surface area (Å²) in [6.07, 6.45) is 2.34. The van der Waals surface area contributed by atoms with Crippen molar-refractivity contribution in [2.45, 2.75) is 26.2 Å². The maximum atomic E-state index is 11.2. The van der Waals surface area contributed by atoms with Crippen molar-refractivity contribution >= 4 is 5.91 Å². The Labute approximate surface area is 80.0 Å². The quantitative estimate of drug-likeness (QED) is 0.484. The van der Waals surface area contributed by atoms with Crippen LogP contribution in [0.4, 0.5) is 0 Å². The predicted octanol–water partition coefficient (Wildman–Crippen LogP) is -0.174. The zero-order valence-corrected chi connectivity index (χ0v) is 8.38. The van der Waals surface area contributed by atoms with Gasteiger partial charge in [-0.1, -0.05) is 13.3 Å². The van der Waals surface area contributed by atoms with E-state index in [1.54, 1.807) is 0 Å². The van der Waals surface area contributed by atoms with E-state index in [0.717, 1.165) is 12.8 Å². The van der Waals surface area contributed by atoms with Gasteiger partial charge in [-0.3, -0.25) is 4.79 Å². The summed E-state index contributed by atoms with van der Waals surface area (Å²) in [5, 5.41) is 2.81. The van der Waals surface area contributed by atoms with Crippen LogP contribution >= 0.6 is 0 Å². The molecule has 1 atom stereocenters. The van der Waals surface area contributed by atoms with Gasteiger partial charge in [0, 0.05) is 13.0 Å². The van der Waals surface area contributed by atoms with Crippen LogP contribution in [0.15, 0.2) is 0 Å². The van der Waals surface area contributed by atoms with Crippen molar-refractivity contribution in [3.8, 4) is 0 Å². The molecule has 0 rings (SSSR count). The molecular formula is C9H21N3O. The lowest BCUT2D eigenvalue weighted by atomic mass is 10.0. The van der Waals surface area contributed by atoms with Crippen LogP contribution in [0.3, 0.4) is 0 Å². The largest absolute Gasteiger partial charge is 0.356 e. The summed E-state index contributed by atoms with van der Waals surface area (Å²) in [5.74, 6) is 0.406. The molecule has 4 heteroatoms. The van der Waals surface area contributed by atoms with Gasteiger partial charge in [-0.2, -0.15) is 0 Å². The van der Waals surface area contributed by atoms with Crippen LogP contribution in [-0.2, 0) is 4.79 Å². The SMILES string of the molecule is CCC(CN)CC(=O)NCCCN. The molecule has 13 heavy (non-hydrogen) atoms. The molecule has 0 aliphatic rings. The average molecular weight is 187 g/mol. The molecule has 0 bridgehead atoms. The van der Waals surface area contributed by atoms with E-state index in [-0.39, 0.29) is 5.91 Å². The minimum atomic E-state index is 0.0887. The number of carbonyl (C=O) groups is 1. The highest BCUT2D eigenvalue weighted by Gasteiger charge is 2.09. The number of nitrogens with two attached hydrogens (primary N) is 2. The van der Waals surface area contributed by atoms with Gasteiger partial charge in [0.1, 0.15) is 0 Å². The van der Waals surface area contributed by atoms with Crippen molar-refractivity contribution in [3.05, 3.63) is 0 Å². The fourth-order valence-corrected chi connectivity index (χ4v) is 1.06. The number of carbonyl (C=O) groups excluding carboxylic acids is 1. The van der Waals surface area contributed by atoms with Gasteiger partial charge in [-0.05, 0) is 25.4 Å². The van der Waals surface area contributed by atoms with E-state index in [2.05, 4.69) is 5.32 Å². The van der Waals surface area contributed by atoms with Gasteiger partial charge >= 0.3 is 0 Å². The Morgan fingerprint density at radius 1 is 1.46 bits per heavy atom. The Morgan fingerprint density at radius 2 is 2.15 bits per heavy atom. The van der Waals surface area contributed by atoms with Gasteiger partial charge in [0.05, 0.1) is 0 Å². The Kier molecular flexibility index (Phi) is 7.63. The van der Waals surface area contributed by atoms with Crippen LogP contribution in [0.25, 0.3) is 0 Å². The van der Waals surface area contributed by atoms with Crippen LogP contribution in [-0.4, -0.2) is 25.5 Å². The molecule has 0 radical (unpaired) electrons. The average Bonchev–Trinajstić information content (AvgIpc) is 2.14. The first-order chi connectivity index (χ1) is 6.24. The van der Waals surface area contributed by atoms with Crippen molar-refractivity contribution in [1.29, 1.82) is 0 Å². The molecule has 0 spiro atoms. The van der Waals surface area contributed by atoms with E-state index in [1.807, 2.05) is 6.92 Å². The van der Waals surface area contributed by atoms with Crippen LogP contribution in [0.1, 0.15) is 26.2 Å². The molecule has 0 aliphatic heterocycles. The van der Waals surface area contributed by atoms with Crippen molar-refractivity contribution in [2.24, 2.45) is 17.4 Å². The van der Waals surface area contributed by atoms with Crippen molar-refractivity contribution in [2.75, 3.05) is 19.6 Å². The molecule has 0 aliphatic carbocycles. The number of amides is 1. The normalized spacial score (nSPS) is 12.5. The minimum absolute atomic E-state index is 0.0887. The fraction of sp³-hybridized carbons (Fsp3) is 0.889. The molecule has 0 heterocycles. The summed E-state index contributed by atoms with van der Waals surface area (Å²) in [5.41, 5.74) is 10.8. The highest BCUT2D eigenvalue weighted by atomic mass is 16.1. The van der Waals surface area contributed by atoms with Crippen molar-refractivity contribution < 1.29 is 4.79 Å². The third-order valence-corrected chi connectivity index (χ3v) is 2.09. The Hall–Kier alpha value is -0.610. The smallest absolute Gasteiger partial charge is 0.220 e. The highest BCUT2D eigenvalue weighted by Crippen LogP contribution is 2.04. The molecule has 5 N–H and O–H groups in total. The maximum absolute atomic E-state index is 11.2.